The lowest BCUT2D eigenvalue weighted by molar-refractivity contribution is 0.176. The number of hydrogen-bond acceptors (Lipinski definition) is 4. The van der Waals surface area contributed by atoms with Crippen LogP contribution in [0.3, 0.4) is 0 Å². The summed E-state index contributed by atoms with van der Waals surface area (Å²) >= 11 is 0. The Kier molecular flexibility index (Phi) is 5.90. The van der Waals surface area contributed by atoms with Crippen molar-refractivity contribution in [2.75, 3.05) is 11.9 Å². The van der Waals surface area contributed by atoms with Crippen molar-refractivity contribution >= 4 is 5.82 Å². The van der Waals surface area contributed by atoms with E-state index >= 15 is 0 Å². The highest BCUT2D eigenvalue weighted by atomic mass is 16.3. The van der Waals surface area contributed by atoms with Crippen LogP contribution >= 0.6 is 0 Å². The lowest BCUT2D eigenvalue weighted by Gasteiger charge is -2.33. The molecular weight excluding hydrogens is 274 g/mol. The van der Waals surface area contributed by atoms with Gasteiger partial charge in [0.05, 0.1) is 6.10 Å². The summed E-state index contributed by atoms with van der Waals surface area (Å²) in [7, 11) is 2.06. The van der Waals surface area contributed by atoms with Gasteiger partial charge in [-0.15, -0.1) is 0 Å². The smallest absolute Gasteiger partial charge is 0.131 e. The van der Waals surface area contributed by atoms with Gasteiger partial charge in [-0.1, -0.05) is 30.3 Å². The minimum atomic E-state index is -0.275. The molecule has 1 N–H and O–H groups in total. The molecule has 0 amide bonds. The van der Waals surface area contributed by atoms with Gasteiger partial charge in [0.15, 0.2) is 0 Å². The lowest BCUT2D eigenvalue weighted by atomic mass is 9.86. The molecule has 4 nitrogen and oxygen atoms in total. The molecule has 2 rings (SSSR count). The van der Waals surface area contributed by atoms with Crippen LogP contribution in [0.4, 0.5) is 5.82 Å². The van der Waals surface area contributed by atoms with E-state index in [-0.39, 0.29) is 12.1 Å². The molecule has 1 aromatic heterocycles. The van der Waals surface area contributed by atoms with Gasteiger partial charge >= 0.3 is 0 Å². The summed E-state index contributed by atoms with van der Waals surface area (Å²) < 4.78 is 0. The number of anilines is 1. The highest BCUT2D eigenvalue weighted by Gasteiger charge is 2.24. The zero-order valence-electron chi connectivity index (χ0n) is 13.6. The third-order valence-electron chi connectivity index (χ3n) is 4.24. The fraction of sp³-hybridized carbons (Fsp3) is 0.444. The second-order valence-corrected chi connectivity index (χ2v) is 5.86. The molecule has 4 heteroatoms. The second-order valence-electron chi connectivity index (χ2n) is 5.86. The SMILES string of the molecule is CC(O)CCC(c1ccccc1)C(C)N(C)c1ccncn1. The zero-order chi connectivity index (χ0) is 15.9. The van der Waals surface area contributed by atoms with E-state index in [2.05, 4.69) is 53.1 Å². The summed E-state index contributed by atoms with van der Waals surface area (Å²) in [5.74, 6) is 1.26. The number of rotatable bonds is 7. The Bertz CT molecular complexity index is 545. The van der Waals surface area contributed by atoms with Crippen LogP contribution in [0.25, 0.3) is 0 Å². The Morgan fingerprint density at radius 1 is 1.09 bits per heavy atom. The van der Waals surface area contributed by atoms with Crippen LogP contribution < -0.4 is 4.90 Å². The van der Waals surface area contributed by atoms with Gasteiger partial charge in [0.25, 0.3) is 0 Å². The van der Waals surface area contributed by atoms with Crippen LogP contribution in [0.2, 0.25) is 0 Å². The first-order valence-corrected chi connectivity index (χ1v) is 7.81. The summed E-state index contributed by atoms with van der Waals surface area (Å²) in [4.78, 5) is 10.5. The molecule has 1 heterocycles. The maximum absolute atomic E-state index is 9.65. The molecule has 0 saturated carbocycles. The molecule has 1 aromatic carbocycles. The molecule has 0 fully saturated rings. The Morgan fingerprint density at radius 2 is 1.82 bits per heavy atom. The highest BCUT2D eigenvalue weighted by Crippen LogP contribution is 2.30. The normalized spacial score (nSPS) is 15.1. The van der Waals surface area contributed by atoms with E-state index in [1.165, 1.54) is 5.56 Å². The topological polar surface area (TPSA) is 49.2 Å². The third-order valence-corrected chi connectivity index (χ3v) is 4.24. The Hall–Kier alpha value is -1.94. The van der Waals surface area contributed by atoms with E-state index in [0.717, 1.165) is 18.7 Å². The van der Waals surface area contributed by atoms with Crippen molar-refractivity contribution in [1.29, 1.82) is 0 Å². The Labute approximate surface area is 132 Å². The number of nitrogens with zero attached hydrogens (tertiary/aromatic N) is 3. The lowest BCUT2D eigenvalue weighted by Crippen LogP contribution is -2.35. The van der Waals surface area contributed by atoms with Gasteiger partial charge in [0.1, 0.15) is 12.1 Å². The average molecular weight is 299 g/mol. The first-order chi connectivity index (χ1) is 10.6. The molecule has 2 aromatic rings. The maximum Gasteiger partial charge on any atom is 0.131 e. The first-order valence-electron chi connectivity index (χ1n) is 7.81. The number of likely N-dealkylation sites (N-methyl/N-ethyl adjacent to an activating group) is 1. The molecular formula is C18H25N3O. The van der Waals surface area contributed by atoms with Crippen molar-refractivity contribution in [2.45, 2.75) is 44.8 Å². The largest absolute Gasteiger partial charge is 0.393 e. The molecule has 0 bridgehead atoms. The number of benzene rings is 1. The second kappa shape index (κ2) is 7.90. The summed E-state index contributed by atoms with van der Waals surface area (Å²) in [5, 5.41) is 9.65. The monoisotopic (exact) mass is 299 g/mol. The highest BCUT2D eigenvalue weighted by molar-refractivity contribution is 5.38. The fourth-order valence-electron chi connectivity index (χ4n) is 2.78. The average Bonchev–Trinajstić information content (AvgIpc) is 2.55. The summed E-state index contributed by atoms with van der Waals surface area (Å²) in [6, 6.07) is 12.7. The van der Waals surface area contributed by atoms with Gasteiger partial charge in [0, 0.05) is 25.2 Å². The molecule has 0 radical (unpaired) electrons. The van der Waals surface area contributed by atoms with Gasteiger partial charge in [-0.25, -0.2) is 9.97 Å². The molecule has 3 atom stereocenters. The molecule has 118 valence electrons. The molecule has 0 aliphatic rings. The summed E-state index contributed by atoms with van der Waals surface area (Å²) in [6.07, 6.45) is 4.80. The first kappa shape index (κ1) is 16.4. The zero-order valence-corrected chi connectivity index (χ0v) is 13.6. The maximum atomic E-state index is 9.65. The third kappa shape index (κ3) is 4.28. The number of aliphatic hydroxyl groups excluding tert-OH is 1. The molecule has 3 unspecified atom stereocenters. The van der Waals surface area contributed by atoms with Gasteiger partial charge < -0.3 is 10.0 Å². The van der Waals surface area contributed by atoms with Crippen molar-refractivity contribution in [3.63, 3.8) is 0 Å². The fourth-order valence-corrected chi connectivity index (χ4v) is 2.78. The van der Waals surface area contributed by atoms with E-state index in [9.17, 15) is 5.11 Å². The minimum absolute atomic E-state index is 0.274. The standard InChI is InChI=1S/C18H25N3O/c1-14(22)9-10-17(16-7-5-4-6-8-16)15(2)21(3)18-11-12-19-13-20-18/h4-8,11-15,17,22H,9-10H2,1-3H3. The van der Waals surface area contributed by atoms with Gasteiger partial charge in [0.2, 0.25) is 0 Å². The predicted octanol–water partition coefficient (Wildman–Crippen LogP) is 3.25. The Morgan fingerprint density at radius 3 is 2.41 bits per heavy atom. The van der Waals surface area contributed by atoms with E-state index in [0.29, 0.717) is 5.92 Å². The van der Waals surface area contributed by atoms with Crippen molar-refractivity contribution < 1.29 is 5.11 Å². The van der Waals surface area contributed by atoms with Crippen LogP contribution in [-0.4, -0.2) is 34.3 Å². The minimum Gasteiger partial charge on any atom is -0.393 e. The van der Waals surface area contributed by atoms with Crippen LogP contribution in [0.15, 0.2) is 48.9 Å². The van der Waals surface area contributed by atoms with Crippen LogP contribution in [0, 0.1) is 0 Å². The molecule has 22 heavy (non-hydrogen) atoms. The van der Waals surface area contributed by atoms with Crippen molar-refractivity contribution in [3.8, 4) is 0 Å². The number of aliphatic hydroxyl groups is 1. The van der Waals surface area contributed by atoms with Crippen LogP contribution in [-0.2, 0) is 0 Å². The van der Waals surface area contributed by atoms with Gasteiger partial charge in [-0.3, -0.25) is 0 Å². The molecule has 0 saturated heterocycles. The summed E-state index contributed by atoms with van der Waals surface area (Å²) in [6.45, 7) is 4.06. The number of hydrogen-bond donors (Lipinski definition) is 1. The summed E-state index contributed by atoms with van der Waals surface area (Å²) in [5.41, 5.74) is 1.30. The predicted molar refractivity (Wildman–Crippen MR) is 90.0 cm³/mol. The molecule has 0 aliphatic carbocycles. The van der Waals surface area contributed by atoms with Crippen LogP contribution in [0.5, 0.6) is 0 Å². The molecule has 0 aliphatic heterocycles. The van der Waals surface area contributed by atoms with Gasteiger partial charge in [-0.05, 0) is 38.3 Å². The van der Waals surface area contributed by atoms with E-state index < -0.39 is 0 Å². The quantitative estimate of drug-likeness (QED) is 0.852. The van der Waals surface area contributed by atoms with Crippen LogP contribution in [0.1, 0.15) is 38.2 Å². The van der Waals surface area contributed by atoms with E-state index in [1.54, 1.807) is 12.5 Å². The Balaban J connectivity index is 2.20. The van der Waals surface area contributed by atoms with Crippen molar-refractivity contribution in [1.82, 2.24) is 9.97 Å². The van der Waals surface area contributed by atoms with E-state index in [1.807, 2.05) is 19.1 Å². The molecule has 0 spiro atoms. The number of aromatic nitrogens is 2. The van der Waals surface area contributed by atoms with E-state index in [4.69, 9.17) is 0 Å². The van der Waals surface area contributed by atoms with Gasteiger partial charge in [-0.2, -0.15) is 0 Å². The van der Waals surface area contributed by atoms with Crippen molar-refractivity contribution in [3.05, 3.63) is 54.5 Å². The van der Waals surface area contributed by atoms with Crippen molar-refractivity contribution in [2.24, 2.45) is 0 Å².